The maximum absolute atomic E-state index is 13.1. The molecule has 27 heavy (non-hydrogen) atoms. The van der Waals surface area contributed by atoms with Crippen LogP contribution in [0, 0.1) is 5.82 Å². The molecule has 1 aromatic carbocycles. The van der Waals surface area contributed by atoms with Gasteiger partial charge in [0.25, 0.3) is 0 Å². The van der Waals surface area contributed by atoms with E-state index in [-0.39, 0.29) is 30.1 Å². The van der Waals surface area contributed by atoms with Crippen molar-refractivity contribution in [3.63, 3.8) is 0 Å². The van der Waals surface area contributed by atoms with E-state index >= 15 is 0 Å². The highest BCUT2D eigenvalue weighted by atomic mass is 19.1. The first-order chi connectivity index (χ1) is 12.9. The standard InChI is InChI=1S/C20H29FN4O2/c1-23-10-7-17(8-11-23)24(2)19(26)13-18-20(27)22-9-12-25(18)14-15-3-5-16(21)6-4-15/h3-6,17-18H,7-14H2,1-2H3,(H,22,27). The van der Waals surface area contributed by atoms with Crippen LogP contribution in [0.3, 0.4) is 0 Å². The normalized spacial score (nSPS) is 22.5. The van der Waals surface area contributed by atoms with E-state index in [1.165, 1.54) is 12.1 Å². The first-order valence-corrected chi connectivity index (χ1v) is 9.64. The number of likely N-dealkylation sites (tertiary alicyclic amines) is 1. The fourth-order valence-corrected chi connectivity index (χ4v) is 3.89. The van der Waals surface area contributed by atoms with E-state index in [0.29, 0.717) is 19.6 Å². The second kappa shape index (κ2) is 8.80. The van der Waals surface area contributed by atoms with Crippen LogP contribution in [0.15, 0.2) is 24.3 Å². The number of carbonyl (C=O) groups excluding carboxylic acids is 2. The van der Waals surface area contributed by atoms with Gasteiger partial charge in [-0.3, -0.25) is 14.5 Å². The molecular weight excluding hydrogens is 347 g/mol. The van der Waals surface area contributed by atoms with E-state index in [0.717, 1.165) is 31.5 Å². The molecule has 2 aliphatic heterocycles. The van der Waals surface area contributed by atoms with Crippen LogP contribution < -0.4 is 5.32 Å². The molecule has 0 saturated carbocycles. The van der Waals surface area contributed by atoms with Gasteiger partial charge in [0.2, 0.25) is 11.8 Å². The molecule has 0 aliphatic carbocycles. The zero-order valence-electron chi connectivity index (χ0n) is 16.2. The van der Waals surface area contributed by atoms with Crippen molar-refractivity contribution in [2.45, 2.75) is 37.9 Å². The summed E-state index contributed by atoms with van der Waals surface area (Å²) >= 11 is 0. The highest BCUT2D eigenvalue weighted by molar-refractivity contribution is 5.88. The van der Waals surface area contributed by atoms with E-state index in [1.807, 2.05) is 16.8 Å². The van der Waals surface area contributed by atoms with Crippen LogP contribution in [-0.2, 0) is 16.1 Å². The quantitative estimate of drug-likeness (QED) is 0.835. The predicted molar refractivity (Wildman–Crippen MR) is 102 cm³/mol. The van der Waals surface area contributed by atoms with Crippen LogP contribution in [0.2, 0.25) is 0 Å². The zero-order chi connectivity index (χ0) is 19.4. The number of hydrogen-bond donors (Lipinski definition) is 1. The number of benzene rings is 1. The number of halogens is 1. The number of nitrogens with zero attached hydrogens (tertiary/aromatic N) is 3. The Balaban J connectivity index is 1.63. The molecule has 148 valence electrons. The summed E-state index contributed by atoms with van der Waals surface area (Å²) in [6.07, 6.45) is 2.11. The molecule has 6 nitrogen and oxygen atoms in total. The van der Waals surface area contributed by atoms with Gasteiger partial charge in [-0.2, -0.15) is 0 Å². The van der Waals surface area contributed by atoms with Gasteiger partial charge in [-0.15, -0.1) is 0 Å². The molecule has 2 saturated heterocycles. The van der Waals surface area contributed by atoms with Gasteiger partial charge in [0.1, 0.15) is 5.82 Å². The van der Waals surface area contributed by atoms with Crippen molar-refractivity contribution in [3.05, 3.63) is 35.6 Å². The van der Waals surface area contributed by atoms with Gasteiger partial charge < -0.3 is 15.1 Å². The lowest BCUT2D eigenvalue weighted by atomic mass is 10.0. The molecule has 1 N–H and O–H groups in total. The van der Waals surface area contributed by atoms with E-state index < -0.39 is 6.04 Å². The molecule has 7 heteroatoms. The first-order valence-electron chi connectivity index (χ1n) is 9.64. The number of piperazine rings is 1. The van der Waals surface area contributed by atoms with Gasteiger partial charge in [-0.05, 0) is 50.7 Å². The smallest absolute Gasteiger partial charge is 0.237 e. The number of amides is 2. The second-order valence-electron chi connectivity index (χ2n) is 7.65. The summed E-state index contributed by atoms with van der Waals surface area (Å²) in [6.45, 7) is 3.75. The van der Waals surface area contributed by atoms with Crippen molar-refractivity contribution in [2.75, 3.05) is 40.3 Å². The van der Waals surface area contributed by atoms with Gasteiger partial charge in [0.15, 0.2) is 0 Å². The minimum atomic E-state index is -0.481. The van der Waals surface area contributed by atoms with Crippen molar-refractivity contribution in [1.82, 2.24) is 20.0 Å². The van der Waals surface area contributed by atoms with Gasteiger partial charge in [0, 0.05) is 32.7 Å². The lowest BCUT2D eigenvalue weighted by Gasteiger charge is -2.38. The minimum absolute atomic E-state index is 0.00992. The Morgan fingerprint density at radius 1 is 1.22 bits per heavy atom. The van der Waals surface area contributed by atoms with Gasteiger partial charge in [-0.1, -0.05) is 12.1 Å². The summed E-state index contributed by atoms with van der Waals surface area (Å²) in [5.74, 6) is -0.370. The number of hydrogen-bond acceptors (Lipinski definition) is 4. The van der Waals surface area contributed by atoms with Crippen molar-refractivity contribution >= 4 is 11.8 Å². The van der Waals surface area contributed by atoms with Crippen molar-refractivity contribution in [1.29, 1.82) is 0 Å². The first kappa shape index (κ1) is 19.8. The third-order valence-electron chi connectivity index (χ3n) is 5.74. The number of nitrogens with one attached hydrogen (secondary N) is 1. The molecule has 1 atom stereocenters. The summed E-state index contributed by atoms with van der Waals surface area (Å²) in [7, 11) is 3.95. The van der Waals surface area contributed by atoms with Crippen LogP contribution in [0.5, 0.6) is 0 Å². The van der Waals surface area contributed by atoms with Gasteiger partial charge in [0.05, 0.1) is 12.5 Å². The molecule has 2 aliphatic rings. The molecule has 2 fully saturated rings. The predicted octanol–water partition coefficient (Wildman–Crippen LogP) is 1.07. The summed E-state index contributed by atoms with van der Waals surface area (Å²) in [5.41, 5.74) is 0.937. The maximum Gasteiger partial charge on any atom is 0.237 e. The van der Waals surface area contributed by atoms with Gasteiger partial charge >= 0.3 is 0 Å². The Labute approximate surface area is 160 Å². The Morgan fingerprint density at radius 2 is 1.89 bits per heavy atom. The van der Waals surface area contributed by atoms with E-state index in [9.17, 15) is 14.0 Å². The molecule has 0 aromatic heterocycles. The fourth-order valence-electron chi connectivity index (χ4n) is 3.89. The Bertz CT molecular complexity index is 658. The van der Waals surface area contributed by atoms with Crippen molar-refractivity contribution in [3.8, 4) is 0 Å². The molecule has 0 bridgehead atoms. The monoisotopic (exact) mass is 376 g/mol. The topological polar surface area (TPSA) is 55.9 Å². The molecule has 1 aromatic rings. The van der Waals surface area contributed by atoms with Crippen molar-refractivity contribution < 1.29 is 14.0 Å². The zero-order valence-corrected chi connectivity index (χ0v) is 16.2. The number of piperidine rings is 1. The van der Waals surface area contributed by atoms with Crippen LogP contribution in [0.1, 0.15) is 24.8 Å². The highest BCUT2D eigenvalue weighted by Crippen LogP contribution is 2.19. The molecule has 0 spiro atoms. The number of carbonyl (C=O) groups is 2. The van der Waals surface area contributed by atoms with Crippen LogP contribution in [-0.4, -0.2) is 78.9 Å². The minimum Gasteiger partial charge on any atom is -0.353 e. The molecule has 2 heterocycles. The maximum atomic E-state index is 13.1. The second-order valence-corrected chi connectivity index (χ2v) is 7.65. The van der Waals surface area contributed by atoms with Gasteiger partial charge in [-0.25, -0.2) is 4.39 Å². The summed E-state index contributed by atoms with van der Waals surface area (Å²) in [6, 6.07) is 6.06. The molecule has 1 unspecified atom stereocenters. The fraction of sp³-hybridized carbons (Fsp3) is 0.600. The van der Waals surface area contributed by atoms with E-state index in [1.54, 1.807) is 12.1 Å². The Kier molecular flexibility index (Phi) is 6.44. The average Bonchev–Trinajstić information content (AvgIpc) is 2.66. The lowest BCUT2D eigenvalue weighted by molar-refractivity contribution is -0.140. The summed E-state index contributed by atoms with van der Waals surface area (Å²) < 4.78 is 13.1. The third-order valence-corrected chi connectivity index (χ3v) is 5.74. The summed E-state index contributed by atoms with van der Waals surface area (Å²) in [4.78, 5) is 31.4. The average molecular weight is 376 g/mol. The number of rotatable bonds is 5. The SMILES string of the molecule is CN1CCC(N(C)C(=O)CC2C(=O)NCCN2Cc2ccc(F)cc2)CC1. The molecule has 0 radical (unpaired) electrons. The summed E-state index contributed by atoms with van der Waals surface area (Å²) in [5, 5.41) is 2.87. The third kappa shape index (κ3) is 5.05. The highest BCUT2D eigenvalue weighted by Gasteiger charge is 2.34. The van der Waals surface area contributed by atoms with Crippen LogP contribution >= 0.6 is 0 Å². The largest absolute Gasteiger partial charge is 0.353 e. The molecular formula is C20H29FN4O2. The Morgan fingerprint density at radius 3 is 2.56 bits per heavy atom. The van der Waals surface area contributed by atoms with E-state index in [2.05, 4.69) is 17.3 Å². The van der Waals surface area contributed by atoms with Crippen LogP contribution in [0.4, 0.5) is 4.39 Å². The van der Waals surface area contributed by atoms with Crippen LogP contribution in [0.25, 0.3) is 0 Å². The lowest BCUT2D eigenvalue weighted by Crippen LogP contribution is -2.56. The van der Waals surface area contributed by atoms with Crippen molar-refractivity contribution in [2.24, 2.45) is 0 Å². The molecule has 2 amide bonds. The van der Waals surface area contributed by atoms with E-state index in [4.69, 9.17) is 0 Å². The Hall–Kier alpha value is -1.99. The molecule has 3 rings (SSSR count).